The molecule has 5 rings (SSSR count). The third-order valence-electron chi connectivity index (χ3n) is 11.8. The van der Waals surface area contributed by atoms with Gasteiger partial charge in [-0.2, -0.15) is 5.10 Å². The van der Waals surface area contributed by atoms with Crippen molar-refractivity contribution in [1.29, 1.82) is 0 Å². The Bertz CT molecular complexity index is 1930. The van der Waals surface area contributed by atoms with Gasteiger partial charge < -0.3 is 28.4 Å². The van der Waals surface area contributed by atoms with Crippen LogP contribution >= 0.6 is 11.3 Å². The van der Waals surface area contributed by atoms with E-state index in [1.165, 1.54) is 0 Å². The lowest BCUT2D eigenvalue weighted by Crippen LogP contribution is -2.26. The standard InChI is InChI=1S/C50H67N3O10S/c1-4-7-8-11-28-53(50-52-43-16-9-10-17-45(43)64-50)51-34-41-33-42(62-35-37-18-22-39(23-19-37)48(56)60-31-14-12-29-58-46(54)5-2)26-27-44(41)63-36-38-20-24-40(25-21-38)49(57)61-32-15-13-30-59-47(55)6-3/h5-6,9-10,16-17,26-27,33-34,37-40H,2-4,7-8,11-15,18-25,28-32,35-36H2,1H3/b51-34+. The maximum atomic E-state index is 12.8. The smallest absolute Gasteiger partial charge is 0.330 e. The third-order valence-corrected chi connectivity index (χ3v) is 12.8. The number of hydrogen-bond donors (Lipinski definition) is 0. The van der Waals surface area contributed by atoms with Crippen molar-refractivity contribution in [2.45, 2.75) is 110 Å². The molecule has 13 nitrogen and oxygen atoms in total. The van der Waals surface area contributed by atoms with E-state index in [0.717, 1.165) is 122 Å². The third kappa shape index (κ3) is 17.0. The second-order valence-corrected chi connectivity index (χ2v) is 17.7. The number of carbonyl (C=O) groups excluding carboxylic acids is 4. The van der Waals surface area contributed by atoms with Crippen LogP contribution in [0, 0.1) is 23.7 Å². The monoisotopic (exact) mass is 901 g/mol. The number of fused-ring (bicyclic) bond motifs is 1. The summed E-state index contributed by atoms with van der Waals surface area (Å²) in [6, 6.07) is 14.0. The summed E-state index contributed by atoms with van der Waals surface area (Å²) in [6.45, 7) is 12.0. The molecule has 0 bridgehead atoms. The number of para-hydroxylation sites is 1. The topological polar surface area (TPSA) is 152 Å². The molecule has 0 radical (unpaired) electrons. The van der Waals surface area contributed by atoms with Gasteiger partial charge in [-0.3, -0.25) is 9.59 Å². The molecule has 348 valence electrons. The number of carbonyl (C=O) groups is 4. The van der Waals surface area contributed by atoms with Gasteiger partial charge in [0.15, 0.2) is 0 Å². The normalized spacial score (nSPS) is 18.5. The van der Waals surface area contributed by atoms with Crippen LogP contribution in [0.4, 0.5) is 5.13 Å². The van der Waals surface area contributed by atoms with Crippen molar-refractivity contribution in [2.24, 2.45) is 28.8 Å². The predicted molar refractivity (Wildman–Crippen MR) is 250 cm³/mol. The van der Waals surface area contributed by atoms with Gasteiger partial charge in [0, 0.05) is 24.3 Å². The summed E-state index contributed by atoms with van der Waals surface area (Å²) in [6.07, 6.45) is 17.5. The van der Waals surface area contributed by atoms with E-state index < -0.39 is 11.9 Å². The van der Waals surface area contributed by atoms with Crippen LogP contribution in [0.5, 0.6) is 11.5 Å². The van der Waals surface area contributed by atoms with E-state index in [4.69, 9.17) is 38.5 Å². The van der Waals surface area contributed by atoms with Crippen molar-refractivity contribution >= 4 is 56.8 Å². The first-order valence-corrected chi connectivity index (χ1v) is 24.1. The Hall–Kier alpha value is -5.24. The van der Waals surface area contributed by atoms with E-state index in [1.807, 2.05) is 47.6 Å². The average Bonchev–Trinajstić information content (AvgIpc) is 3.76. The fraction of sp³-hybridized carbons (Fsp3) is 0.560. The van der Waals surface area contributed by atoms with Crippen molar-refractivity contribution in [3.05, 3.63) is 73.3 Å². The van der Waals surface area contributed by atoms with E-state index in [9.17, 15) is 19.2 Å². The Kier molecular flexibility index (Phi) is 21.6. The molecular formula is C50H67N3O10S. The fourth-order valence-corrected chi connectivity index (χ4v) is 8.80. The fourth-order valence-electron chi connectivity index (χ4n) is 7.85. The zero-order chi connectivity index (χ0) is 45.4. The van der Waals surface area contributed by atoms with Crippen molar-refractivity contribution in [3.8, 4) is 11.5 Å². The first kappa shape index (κ1) is 49.8. The molecule has 1 aromatic heterocycles. The lowest BCUT2D eigenvalue weighted by molar-refractivity contribution is -0.151. The lowest BCUT2D eigenvalue weighted by Gasteiger charge is -2.28. The molecule has 3 aromatic rings. The van der Waals surface area contributed by atoms with Crippen LogP contribution in [-0.4, -0.2) is 81.3 Å². The van der Waals surface area contributed by atoms with Gasteiger partial charge >= 0.3 is 23.9 Å². The molecule has 2 aromatic carbocycles. The maximum Gasteiger partial charge on any atom is 0.330 e. The van der Waals surface area contributed by atoms with E-state index in [2.05, 4.69) is 26.1 Å². The molecular weight excluding hydrogens is 835 g/mol. The summed E-state index contributed by atoms with van der Waals surface area (Å²) >= 11 is 1.63. The van der Waals surface area contributed by atoms with Crippen LogP contribution in [0.2, 0.25) is 0 Å². The van der Waals surface area contributed by atoms with Crippen LogP contribution in [0.3, 0.4) is 0 Å². The molecule has 0 N–H and O–H groups in total. The molecule has 2 aliphatic rings. The summed E-state index contributed by atoms with van der Waals surface area (Å²) in [5.74, 6) is 0.593. The predicted octanol–water partition coefficient (Wildman–Crippen LogP) is 10.2. The van der Waals surface area contributed by atoms with E-state index in [-0.39, 0.29) is 37.0 Å². The summed E-state index contributed by atoms with van der Waals surface area (Å²) in [4.78, 5) is 52.8. The molecule has 0 atom stereocenters. The number of benzene rings is 2. The van der Waals surface area contributed by atoms with Crippen molar-refractivity contribution < 1.29 is 47.6 Å². The lowest BCUT2D eigenvalue weighted by atomic mass is 9.82. The second kappa shape index (κ2) is 27.8. The number of nitrogens with zero attached hydrogens (tertiary/aromatic N) is 3. The molecule has 0 aliphatic heterocycles. The maximum absolute atomic E-state index is 12.8. The van der Waals surface area contributed by atoms with Gasteiger partial charge in [0.05, 0.1) is 67.9 Å². The quantitative estimate of drug-likeness (QED) is 0.0170. The van der Waals surface area contributed by atoms with Gasteiger partial charge in [0.25, 0.3) is 0 Å². The van der Waals surface area contributed by atoms with E-state index in [0.29, 0.717) is 69.7 Å². The molecule has 1 heterocycles. The molecule has 0 amide bonds. The second-order valence-electron chi connectivity index (χ2n) is 16.6. The molecule has 64 heavy (non-hydrogen) atoms. The minimum absolute atomic E-state index is 0.114. The van der Waals surface area contributed by atoms with Crippen molar-refractivity contribution in [2.75, 3.05) is 51.2 Å². The highest BCUT2D eigenvalue weighted by atomic mass is 32.1. The highest BCUT2D eigenvalue weighted by Gasteiger charge is 2.29. The first-order valence-electron chi connectivity index (χ1n) is 23.2. The number of unbranched alkanes of at least 4 members (excludes halogenated alkanes) is 5. The summed E-state index contributed by atoms with van der Waals surface area (Å²) in [5, 5.41) is 7.88. The zero-order valence-corrected chi connectivity index (χ0v) is 38.4. The van der Waals surface area contributed by atoms with Gasteiger partial charge in [-0.25, -0.2) is 19.6 Å². The van der Waals surface area contributed by atoms with Crippen LogP contribution in [0.25, 0.3) is 10.2 Å². The van der Waals surface area contributed by atoms with Crippen LogP contribution in [-0.2, 0) is 38.1 Å². The van der Waals surface area contributed by atoms with Crippen LogP contribution < -0.4 is 14.5 Å². The zero-order valence-electron chi connectivity index (χ0n) is 37.6. The molecule has 0 saturated heterocycles. The van der Waals surface area contributed by atoms with Gasteiger partial charge in [-0.1, -0.05) is 62.8 Å². The van der Waals surface area contributed by atoms with Crippen molar-refractivity contribution in [3.63, 3.8) is 0 Å². The molecule has 0 unspecified atom stereocenters. The number of hydrogen-bond acceptors (Lipinski definition) is 14. The van der Waals surface area contributed by atoms with Gasteiger partial charge in [-0.15, -0.1) is 0 Å². The highest BCUT2D eigenvalue weighted by Crippen LogP contribution is 2.34. The molecule has 2 fully saturated rings. The number of anilines is 1. The van der Waals surface area contributed by atoms with Gasteiger partial charge in [0.2, 0.25) is 5.13 Å². The van der Waals surface area contributed by atoms with E-state index in [1.54, 1.807) is 11.3 Å². The largest absolute Gasteiger partial charge is 0.493 e. The molecule has 2 saturated carbocycles. The molecule has 14 heteroatoms. The number of aromatic nitrogens is 1. The number of thiazole rings is 1. The van der Waals surface area contributed by atoms with Crippen molar-refractivity contribution in [1.82, 2.24) is 4.98 Å². The van der Waals surface area contributed by atoms with Crippen LogP contribution in [0.1, 0.15) is 115 Å². The minimum Gasteiger partial charge on any atom is -0.493 e. The first-order chi connectivity index (χ1) is 31.3. The van der Waals surface area contributed by atoms with Gasteiger partial charge in [-0.05, 0) is 126 Å². The Morgan fingerprint density at radius 1 is 0.703 bits per heavy atom. The van der Waals surface area contributed by atoms with Gasteiger partial charge in [0.1, 0.15) is 11.5 Å². The SMILES string of the molecule is C=CC(=O)OCCCCOC(=O)C1CCC(COc2ccc(OCC3CCC(C(=O)OCCCCOC(=O)C=C)CC3)c(/C=N/N(CCCCCC)c3nc4ccccc4s3)c2)CC1. The Morgan fingerprint density at radius 3 is 1.83 bits per heavy atom. The molecule has 2 aliphatic carbocycles. The Labute approximate surface area is 382 Å². The summed E-state index contributed by atoms with van der Waals surface area (Å²) in [5.41, 5.74) is 1.76. The average molecular weight is 902 g/mol. The van der Waals surface area contributed by atoms with E-state index >= 15 is 0 Å². The Balaban J connectivity index is 1.16. The highest BCUT2D eigenvalue weighted by molar-refractivity contribution is 7.22. The van der Waals surface area contributed by atoms with Crippen LogP contribution in [0.15, 0.2) is 72.9 Å². The number of hydrazone groups is 1. The minimum atomic E-state index is -0.450. The Morgan fingerprint density at radius 2 is 1.27 bits per heavy atom. The number of ether oxygens (including phenoxy) is 6. The summed E-state index contributed by atoms with van der Waals surface area (Å²) in [7, 11) is 0. The molecule has 0 spiro atoms. The summed E-state index contributed by atoms with van der Waals surface area (Å²) < 4.78 is 35.1. The number of rotatable bonds is 28. The number of esters is 4.